The molecule has 1 aliphatic rings. The zero-order chi connectivity index (χ0) is 16.2. The topological polar surface area (TPSA) is 67.4 Å². The van der Waals surface area contributed by atoms with Crippen molar-refractivity contribution in [1.29, 1.82) is 0 Å². The number of hydrogen-bond donors (Lipinski definition) is 2. The lowest BCUT2D eigenvalue weighted by Crippen LogP contribution is -2.26. The fourth-order valence-corrected chi connectivity index (χ4v) is 2.34. The maximum absolute atomic E-state index is 13.1. The van der Waals surface area contributed by atoms with E-state index >= 15 is 0 Å². The van der Waals surface area contributed by atoms with Crippen LogP contribution in [0.2, 0.25) is 0 Å². The minimum absolute atomic E-state index is 0.0106. The molecule has 23 heavy (non-hydrogen) atoms. The van der Waals surface area contributed by atoms with E-state index < -0.39 is 0 Å². The lowest BCUT2D eigenvalue weighted by molar-refractivity contribution is -0.120. The molecule has 2 aromatic rings. The van der Waals surface area contributed by atoms with Gasteiger partial charge in [0.2, 0.25) is 5.91 Å². The highest BCUT2D eigenvalue weighted by Gasteiger charge is 2.16. The second kappa shape index (κ2) is 6.48. The van der Waals surface area contributed by atoms with Gasteiger partial charge in [-0.2, -0.15) is 0 Å². The van der Waals surface area contributed by atoms with Crippen molar-refractivity contribution in [3.8, 4) is 5.75 Å². The minimum Gasteiger partial charge on any atom is -0.482 e. The van der Waals surface area contributed by atoms with Gasteiger partial charge in [0, 0.05) is 6.54 Å². The zero-order valence-electron chi connectivity index (χ0n) is 12.3. The Balaban J connectivity index is 1.59. The van der Waals surface area contributed by atoms with Crippen LogP contribution in [0.15, 0.2) is 42.5 Å². The van der Waals surface area contributed by atoms with Crippen LogP contribution in [0.1, 0.15) is 11.1 Å². The van der Waals surface area contributed by atoms with Gasteiger partial charge in [-0.15, -0.1) is 0 Å². The Kier molecular flexibility index (Phi) is 4.23. The number of carbonyl (C=O) groups excluding carboxylic acids is 2. The van der Waals surface area contributed by atoms with E-state index in [1.165, 1.54) is 12.1 Å². The molecule has 3 rings (SSSR count). The monoisotopic (exact) mass is 314 g/mol. The Morgan fingerprint density at radius 2 is 2.09 bits per heavy atom. The van der Waals surface area contributed by atoms with E-state index in [2.05, 4.69) is 10.6 Å². The van der Waals surface area contributed by atoms with Gasteiger partial charge in [0.1, 0.15) is 11.6 Å². The van der Waals surface area contributed by atoms with Gasteiger partial charge < -0.3 is 15.4 Å². The maximum Gasteiger partial charge on any atom is 0.262 e. The summed E-state index contributed by atoms with van der Waals surface area (Å²) in [6, 6.07) is 11.3. The number of ether oxygens (including phenoxy) is 1. The van der Waals surface area contributed by atoms with E-state index in [1.54, 1.807) is 24.3 Å². The van der Waals surface area contributed by atoms with Crippen molar-refractivity contribution >= 4 is 17.5 Å². The molecule has 2 aromatic carbocycles. The third-order valence-electron chi connectivity index (χ3n) is 3.42. The first-order valence-electron chi connectivity index (χ1n) is 7.17. The van der Waals surface area contributed by atoms with E-state index in [0.29, 0.717) is 23.5 Å². The van der Waals surface area contributed by atoms with Crippen molar-refractivity contribution in [2.75, 3.05) is 11.9 Å². The minimum atomic E-state index is -0.360. The van der Waals surface area contributed by atoms with Crippen molar-refractivity contribution in [2.24, 2.45) is 0 Å². The van der Waals surface area contributed by atoms with Crippen LogP contribution in [-0.4, -0.2) is 18.4 Å². The van der Waals surface area contributed by atoms with Crippen molar-refractivity contribution in [1.82, 2.24) is 5.32 Å². The zero-order valence-corrected chi connectivity index (χ0v) is 12.3. The Labute approximate surface area is 132 Å². The molecule has 0 unspecified atom stereocenters. The molecule has 0 bridgehead atoms. The first-order chi connectivity index (χ1) is 11.1. The van der Waals surface area contributed by atoms with Crippen LogP contribution in [0.5, 0.6) is 5.75 Å². The summed E-state index contributed by atoms with van der Waals surface area (Å²) >= 11 is 0. The van der Waals surface area contributed by atoms with E-state index in [-0.39, 0.29) is 30.7 Å². The van der Waals surface area contributed by atoms with Gasteiger partial charge in [0.05, 0.1) is 12.1 Å². The highest BCUT2D eigenvalue weighted by molar-refractivity contribution is 5.95. The van der Waals surface area contributed by atoms with Crippen LogP contribution in [-0.2, 0) is 22.6 Å². The molecule has 5 nitrogen and oxygen atoms in total. The van der Waals surface area contributed by atoms with Crippen LogP contribution in [0.4, 0.5) is 10.1 Å². The van der Waals surface area contributed by atoms with Crippen LogP contribution in [0.25, 0.3) is 0 Å². The average molecular weight is 314 g/mol. The fourth-order valence-electron chi connectivity index (χ4n) is 2.34. The normalized spacial score (nSPS) is 12.8. The number of fused-ring (bicyclic) bond motifs is 1. The second-order valence-corrected chi connectivity index (χ2v) is 5.25. The Morgan fingerprint density at radius 1 is 1.22 bits per heavy atom. The number of rotatable bonds is 4. The van der Waals surface area contributed by atoms with Gasteiger partial charge in [-0.3, -0.25) is 9.59 Å². The number of amides is 2. The number of carbonyl (C=O) groups is 2. The van der Waals surface area contributed by atoms with Crippen LogP contribution in [0, 0.1) is 5.82 Å². The van der Waals surface area contributed by atoms with Gasteiger partial charge in [-0.25, -0.2) is 4.39 Å². The smallest absolute Gasteiger partial charge is 0.262 e. The Morgan fingerprint density at radius 3 is 2.91 bits per heavy atom. The van der Waals surface area contributed by atoms with E-state index in [9.17, 15) is 14.0 Å². The molecule has 0 fully saturated rings. The molecular weight excluding hydrogens is 299 g/mol. The lowest BCUT2D eigenvalue weighted by Gasteiger charge is -2.18. The van der Waals surface area contributed by atoms with Crippen LogP contribution >= 0.6 is 0 Å². The Bertz CT molecular complexity index is 761. The number of nitrogens with one attached hydrogen (secondary N) is 2. The summed E-state index contributed by atoms with van der Waals surface area (Å²) in [7, 11) is 0. The highest BCUT2D eigenvalue weighted by Crippen LogP contribution is 2.28. The summed E-state index contributed by atoms with van der Waals surface area (Å²) in [6.07, 6.45) is 0.114. The number of benzene rings is 2. The summed E-state index contributed by atoms with van der Waals surface area (Å²) in [6.45, 7) is 0.327. The van der Waals surface area contributed by atoms with E-state index in [4.69, 9.17) is 4.74 Å². The molecule has 0 spiro atoms. The maximum atomic E-state index is 13.1. The predicted molar refractivity (Wildman–Crippen MR) is 82.5 cm³/mol. The van der Waals surface area contributed by atoms with E-state index in [1.807, 2.05) is 6.07 Å². The van der Waals surface area contributed by atoms with Crippen LogP contribution < -0.4 is 15.4 Å². The third kappa shape index (κ3) is 3.85. The average Bonchev–Trinajstić information content (AvgIpc) is 2.52. The first kappa shape index (κ1) is 15.0. The van der Waals surface area contributed by atoms with Gasteiger partial charge >= 0.3 is 0 Å². The summed E-state index contributed by atoms with van der Waals surface area (Å²) in [5.41, 5.74) is 2.05. The van der Waals surface area contributed by atoms with Gasteiger partial charge in [0.25, 0.3) is 5.91 Å². The second-order valence-electron chi connectivity index (χ2n) is 5.25. The molecule has 1 aliphatic heterocycles. The molecule has 0 saturated heterocycles. The van der Waals surface area contributed by atoms with Gasteiger partial charge in [-0.05, 0) is 35.4 Å². The molecule has 6 heteroatoms. The van der Waals surface area contributed by atoms with Crippen molar-refractivity contribution in [3.63, 3.8) is 0 Å². The SMILES string of the molecule is O=C(Cc1cccc(F)c1)NCc1ccc2c(c1)NC(=O)CO2. The number of halogens is 1. The fraction of sp³-hybridized carbons (Fsp3) is 0.176. The standard InChI is InChI=1S/C17H15FN2O3/c18-13-3-1-2-11(6-13)8-16(21)19-9-12-4-5-15-14(7-12)20-17(22)10-23-15/h1-7H,8-10H2,(H,19,21)(H,20,22). The molecule has 118 valence electrons. The molecule has 0 atom stereocenters. The predicted octanol–water partition coefficient (Wildman–Crippen LogP) is 2.02. The van der Waals surface area contributed by atoms with Crippen molar-refractivity contribution < 1.29 is 18.7 Å². The molecule has 2 amide bonds. The molecule has 0 aromatic heterocycles. The molecule has 1 heterocycles. The summed E-state index contributed by atoms with van der Waals surface area (Å²) in [5.74, 6) is -0.154. The van der Waals surface area contributed by atoms with Gasteiger partial charge in [-0.1, -0.05) is 18.2 Å². The van der Waals surface area contributed by atoms with Crippen LogP contribution in [0.3, 0.4) is 0 Å². The molecule has 0 radical (unpaired) electrons. The molecule has 0 saturated carbocycles. The molecule has 2 N–H and O–H groups in total. The van der Waals surface area contributed by atoms with Gasteiger partial charge in [0.15, 0.2) is 6.61 Å². The molecular formula is C17H15FN2O3. The quantitative estimate of drug-likeness (QED) is 0.907. The molecule has 0 aliphatic carbocycles. The number of hydrogen-bond acceptors (Lipinski definition) is 3. The van der Waals surface area contributed by atoms with E-state index in [0.717, 1.165) is 5.56 Å². The third-order valence-corrected chi connectivity index (χ3v) is 3.42. The Hall–Kier alpha value is -2.89. The largest absolute Gasteiger partial charge is 0.482 e. The first-order valence-corrected chi connectivity index (χ1v) is 7.17. The number of anilines is 1. The lowest BCUT2D eigenvalue weighted by atomic mass is 10.1. The van der Waals surface area contributed by atoms with Crippen molar-refractivity contribution in [2.45, 2.75) is 13.0 Å². The summed E-state index contributed by atoms with van der Waals surface area (Å²) in [4.78, 5) is 23.2. The summed E-state index contributed by atoms with van der Waals surface area (Å²) < 4.78 is 18.4. The summed E-state index contributed by atoms with van der Waals surface area (Å²) in [5, 5.41) is 5.49. The van der Waals surface area contributed by atoms with Crippen molar-refractivity contribution in [3.05, 3.63) is 59.4 Å². The highest BCUT2D eigenvalue weighted by atomic mass is 19.1.